The third-order valence-electron chi connectivity index (χ3n) is 2.59. The molecule has 2 rings (SSSR count). The summed E-state index contributed by atoms with van der Waals surface area (Å²) in [6, 6.07) is 4.45. The Kier molecular flexibility index (Phi) is 2.91. The molecule has 0 N–H and O–H groups in total. The zero-order chi connectivity index (χ0) is 10.8. The van der Waals surface area contributed by atoms with E-state index < -0.39 is 5.82 Å². The Hall–Kier alpha value is -1.09. The van der Waals surface area contributed by atoms with Crippen LogP contribution in [0.25, 0.3) is 0 Å². The number of hydrogen-bond acceptors (Lipinski definition) is 1. The fraction of sp³-hybridized carbons (Fsp3) is 0.364. The topological polar surface area (TPSA) is 20.3 Å². The number of amides is 1. The first-order valence-electron chi connectivity index (χ1n) is 4.86. The minimum Gasteiger partial charge on any atom is -0.339 e. The zero-order valence-electron chi connectivity index (χ0n) is 8.17. The minimum absolute atomic E-state index is 0.0960. The van der Waals surface area contributed by atoms with Crippen LogP contribution in [0.5, 0.6) is 0 Å². The van der Waals surface area contributed by atoms with Gasteiger partial charge in [-0.15, -0.1) is 11.6 Å². The van der Waals surface area contributed by atoms with Crippen molar-refractivity contribution in [2.45, 2.75) is 12.3 Å². The van der Waals surface area contributed by atoms with E-state index in [4.69, 9.17) is 11.6 Å². The standard InChI is InChI=1S/C11H11ClFNO/c12-7-9-3-2-8(6-10(9)13)11(15)14-4-1-5-14/h2-3,6H,1,4-5,7H2. The number of nitrogens with zero attached hydrogens (tertiary/aromatic N) is 1. The number of alkyl halides is 1. The molecule has 0 unspecified atom stereocenters. The van der Waals surface area contributed by atoms with Crippen molar-refractivity contribution in [2.75, 3.05) is 13.1 Å². The molecule has 1 heterocycles. The zero-order valence-corrected chi connectivity index (χ0v) is 8.93. The van der Waals surface area contributed by atoms with Gasteiger partial charge < -0.3 is 4.90 Å². The predicted octanol–water partition coefficient (Wildman–Crippen LogP) is 2.41. The van der Waals surface area contributed by atoms with Crippen LogP contribution in [0.3, 0.4) is 0 Å². The third kappa shape index (κ3) is 1.97. The molecule has 0 aliphatic carbocycles. The number of halogens is 2. The van der Waals surface area contributed by atoms with Crippen LogP contribution in [0.4, 0.5) is 4.39 Å². The first-order valence-corrected chi connectivity index (χ1v) is 5.39. The van der Waals surface area contributed by atoms with Crippen LogP contribution >= 0.6 is 11.6 Å². The molecule has 0 saturated carbocycles. The lowest BCUT2D eigenvalue weighted by Crippen LogP contribution is -2.42. The highest BCUT2D eigenvalue weighted by molar-refractivity contribution is 6.17. The molecule has 1 saturated heterocycles. The fourth-order valence-corrected chi connectivity index (χ4v) is 1.71. The van der Waals surface area contributed by atoms with Gasteiger partial charge in [0.25, 0.3) is 5.91 Å². The van der Waals surface area contributed by atoms with Gasteiger partial charge in [0, 0.05) is 24.2 Å². The molecular formula is C11H11ClFNO. The Balaban J connectivity index is 2.21. The summed E-state index contributed by atoms with van der Waals surface area (Å²) in [5.41, 5.74) is 0.831. The summed E-state index contributed by atoms with van der Waals surface area (Å²) in [5, 5.41) is 0. The molecule has 1 aliphatic rings. The Morgan fingerprint density at radius 3 is 2.67 bits per heavy atom. The molecule has 1 aromatic carbocycles. The van der Waals surface area contributed by atoms with E-state index in [1.165, 1.54) is 6.07 Å². The normalized spacial score (nSPS) is 14.9. The number of carbonyl (C=O) groups excluding carboxylic acids is 1. The fourth-order valence-electron chi connectivity index (χ4n) is 1.49. The molecular weight excluding hydrogens is 217 g/mol. The molecule has 80 valence electrons. The summed E-state index contributed by atoms with van der Waals surface area (Å²) in [6.45, 7) is 1.55. The van der Waals surface area contributed by atoms with E-state index in [0.717, 1.165) is 19.5 Å². The molecule has 4 heteroatoms. The highest BCUT2D eigenvalue weighted by Gasteiger charge is 2.22. The maximum Gasteiger partial charge on any atom is 0.253 e. The molecule has 15 heavy (non-hydrogen) atoms. The van der Waals surface area contributed by atoms with Crippen molar-refractivity contribution in [2.24, 2.45) is 0 Å². The molecule has 0 radical (unpaired) electrons. The number of carbonyl (C=O) groups is 1. The molecule has 0 spiro atoms. The Morgan fingerprint density at radius 2 is 2.20 bits per heavy atom. The Labute approximate surface area is 92.6 Å². The van der Waals surface area contributed by atoms with E-state index in [0.29, 0.717) is 11.1 Å². The molecule has 0 bridgehead atoms. The Bertz CT molecular complexity index is 390. The summed E-state index contributed by atoms with van der Waals surface area (Å²) < 4.78 is 13.3. The lowest BCUT2D eigenvalue weighted by Gasteiger charge is -2.30. The minimum atomic E-state index is -0.406. The van der Waals surface area contributed by atoms with Gasteiger partial charge in [-0.25, -0.2) is 4.39 Å². The summed E-state index contributed by atoms with van der Waals surface area (Å²) in [5.74, 6) is -0.373. The smallest absolute Gasteiger partial charge is 0.253 e. The lowest BCUT2D eigenvalue weighted by atomic mass is 10.1. The summed E-state index contributed by atoms with van der Waals surface area (Å²) in [4.78, 5) is 13.4. The molecule has 1 aliphatic heterocycles. The van der Waals surface area contributed by atoms with Gasteiger partial charge >= 0.3 is 0 Å². The van der Waals surface area contributed by atoms with Crippen molar-refractivity contribution in [3.63, 3.8) is 0 Å². The van der Waals surface area contributed by atoms with Crippen LogP contribution < -0.4 is 0 Å². The van der Waals surface area contributed by atoms with Crippen LogP contribution in [-0.4, -0.2) is 23.9 Å². The van der Waals surface area contributed by atoms with Gasteiger partial charge in [-0.2, -0.15) is 0 Å². The van der Waals surface area contributed by atoms with Crippen molar-refractivity contribution >= 4 is 17.5 Å². The first kappa shape index (κ1) is 10.4. The number of benzene rings is 1. The summed E-state index contributed by atoms with van der Waals surface area (Å²) in [7, 11) is 0. The average molecular weight is 228 g/mol. The highest BCUT2D eigenvalue weighted by Crippen LogP contribution is 2.16. The van der Waals surface area contributed by atoms with Crippen LogP contribution in [0.1, 0.15) is 22.3 Å². The Morgan fingerprint density at radius 1 is 1.47 bits per heavy atom. The van der Waals surface area contributed by atoms with Crippen molar-refractivity contribution in [3.05, 3.63) is 35.1 Å². The van der Waals surface area contributed by atoms with E-state index in [9.17, 15) is 9.18 Å². The predicted molar refractivity (Wildman–Crippen MR) is 56.5 cm³/mol. The van der Waals surface area contributed by atoms with E-state index >= 15 is 0 Å². The molecule has 0 aromatic heterocycles. The van der Waals surface area contributed by atoms with Crippen molar-refractivity contribution < 1.29 is 9.18 Å². The first-order chi connectivity index (χ1) is 7.22. The maximum atomic E-state index is 13.3. The second kappa shape index (κ2) is 4.19. The van der Waals surface area contributed by atoms with E-state index in [1.807, 2.05) is 0 Å². The van der Waals surface area contributed by atoms with Crippen molar-refractivity contribution in [1.82, 2.24) is 4.90 Å². The van der Waals surface area contributed by atoms with Crippen LogP contribution in [0.2, 0.25) is 0 Å². The average Bonchev–Trinajstić information content (AvgIpc) is 2.15. The monoisotopic (exact) mass is 227 g/mol. The third-order valence-corrected chi connectivity index (χ3v) is 2.88. The largest absolute Gasteiger partial charge is 0.339 e. The SMILES string of the molecule is O=C(c1ccc(CCl)c(F)c1)N1CCC1. The number of likely N-dealkylation sites (tertiary alicyclic amines) is 1. The van der Waals surface area contributed by atoms with Gasteiger partial charge in [-0.1, -0.05) is 6.07 Å². The molecule has 2 nitrogen and oxygen atoms in total. The summed E-state index contributed by atoms with van der Waals surface area (Å²) in [6.07, 6.45) is 1.04. The highest BCUT2D eigenvalue weighted by atomic mass is 35.5. The number of rotatable bonds is 2. The lowest BCUT2D eigenvalue weighted by molar-refractivity contribution is 0.0651. The van der Waals surface area contributed by atoms with Gasteiger partial charge in [0.05, 0.1) is 5.88 Å². The maximum absolute atomic E-state index is 13.3. The van der Waals surface area contributed by atoms with Gasteiger partial charge in [0.15, 0.2) is 0 Å². The second-order valence-corrected chi connectivity index (χ2v) is 3.85. The quantitative estimate of drug-likeness (QED) is 0.711. The van der Waals surface area contributed by atoms with Gasteiger partial charge in [0.1, 0.15) is 5.82 Å². The second-order valence-electron chi connectivity index (χ2n) is 3.59. The summed E-state index contributed by atoms with van der Waals surface area (Å²) >= 11 is 5.53. The van der Waals surface area contributed by atoms with Crippen LogP contribution in [0, 0.1) is 5.82 Å². The van der Waals surface area contributed by atoms with E-state index in [-0.39, 0.29) is 11.8 Å². The van der Waals surface area contributed by atoms with Crippen LogP contribution in [-0.2, 0) is 5.88 Å². The van der Waals surface area contributed by atoms with Crippen LogP contribution in [0.15, 0.2) is 18.2 Å². The molecule has 1 aromatic rings. The van der Waals surface area contributed by atoms with Gasteiger partial charge in [-0.3, -0.25) is 4.79 Å². The number of hydrogen-bond donors (Lipinski definition) is 0. The van der Waals surface area contributed by atoms with Gasteiger partial charge in [-0.05, 0) is 18.6 Å². The molecule has 0 atom stereocenters. The van der Waals surface area contributed by atoms with E-state index in [2.05, 4.69) is 0 Å². The molecule has 1 fully saturated rings. The van der Waals surface area contributed by atoms with Crippen molar-refractivity contribution in [1.29, 1.82) is 0 Å². The van der Waals surface area contributed by atoms with Gasteiger partial charge in [0.2, 0.25) is 0 Å². The molecule has 1 amide bonds. The van der Waals surface area contributed by atoms with Crippen molar-refractivity contribution in [3.8, 4) is 0 Å². The van der Waals surface area contributed by atoms with E-state index in [1.54, 1.807) is 17.0 Å².